The van der Waals surface area contributed by atoms with E-state index in [9.17, 15) is 0 Å². The van der Waals surface area contributed by atoms with Gasteiger partial charge in [0, 0.05) is 22.3 Å². The van der Waals surface area contributed by atoms with Gasteiger partial charge in [0.1, 0.15) is 0 Å². The van der Waals surface area contributed by atoms with Crippen LogP contribution in [-0.2, 0) is 18.4 Å². The van der Waals surface area contributed by atoms with E-state index in [-0.39, 0.29) is 5.54 Å². The molecule has 2 aromatic carbocycles. The van der Waals surface area contributed by atoms with Gasteiger partial charge in [0.05, 0.1) is 5.54 Å². The van der Waals surface area contributed by atoms with Crippen molar-refractivity contribution in [1.29, 1.82) is 0 Å². The number of nitrogens with two attached hydrogens (primary N) is 2. The molecule has 1 aliphatic rings. The Kier molecular flexibility index (Phi) is 3.38. The molecule has 0 saturated heterocycles. The second-order valence-corrected chi connectivity index (χ2v) is 6.78. The number of rotatable bonds is 3. The summed E-state index contributed by atoms with van der Waals surface area (Å²) in [6.07, 6.45) is 5.23. The monoisotopic (exact) mass is 305 g/mol. The number of hydrogen-bond acceptors (Lipinski definition) is 2. The molecule has 0 bridgehead atoms. The summed E-state index contributed by atoms with van der Waals surface area (Å²) in [4.78, 5) is 3.59. The third-order valence-corrected chi connectivity index (χ3v) is 5.18. The lowest BCUT2D eigenvalue weighted by Gasteiger charge is -2.34. The second kappa shape index (κ2) is 5.43. The Bertz CT molecular complexity index is 835. The van der Waals surface area contributed by atoms with Gasteiger partial charge in [-0.05, 0) is 61.4 Å². The first-order valence-electron chi connectivity index (χ1n) is 8.39. The van der Waals surface area contributed by atoms with E-state index < -0.39 is 0 Å². The van der Waals surface area contributed by atoms with Crippen LogP contribution in [0.25, 0.3) is 10.9 Å². The number of aryl methyl sites for hydroxylation is 2. The summed E-state index contributed by atoms with van der Waals surface area (Å²) in [7, 11) is 0. The smallest absolute Gasteiger partial charge is 0.0568 e. The van der Waals surface area contributed by atoms with E-state index in [4.69, 9.17) is 11.5 Å². The first-order chi connectivity index (χ1) is 11.2. The molecule has 118 valence electrons. The average Bonchev–Trinajstić information content (AvgIpc) is 2.94. The van der Waals surface area contributed by atoms with E-state index in [0.717, 1.165) is 43.3 Å². The number of H-pyrrole nitrogens is 1. The van der Waals surface area contributed by atoms with Gasteiger partial charge < -0.3 is 16.5 Å². The lowest BCUT2D eigenvalue weighted by molar-refractivity contribution is 0.339. The minimum absolute atomic E-state index is 0.267. The molecule has 0 amide bonds. The molecule has 1 aromatic heterocycles. The number of aromatic nitrogens is 1. The highest BCUT2D eigenvalue weighted by atomic mass is 14.9. The van der Waals surface area contributed by atoms with Gasteiger partial charge in [0.2, 0.25) is 0 Å². The summed E-state index contributed by atoms with van der Waals surface area (Å²) in [6.45, 7) is 0. The number of nitrogens with one attached hydrogen (secondary N) is 1. The Morgan fingerprint density at radius 3 is 2.74 bits per heavy atom. The first-order valence-corrected chi connectivity index (χ1v) is 8.39. The molecular formula is C20H23N3. The number of fused-ring (bicyclic) bond motifs is 3. The van der Waals surface area contributed by atoms with Gasteiger partial charge in [0.25, 0.3) is 0 Å². The van der Waals surface area contributed by atoms with Crippen LogP contribution in [0.5, 0.6) is 0 Å². The molecule has 1 aliphatic carbocycles. The van der Waals surface area contributed by atoms with Crippen molar-refractivity contribution in [3.05, 3.63) is 65.4 Å². The molecule has 3 nitrogen and oxygen atoms in total. The highest BCUT2D eigenvalue weighted by molar-refractivity contribution is 5.88. The van der Waals surface area contributed by atoms with E-state index in [2.05, 4.69) is 47.4 Å². The Morgan fingerprint density at radius 2 is 1.91 bits per heavy atom. The van der Waals surface area contributed by atoms with E-state index in [1.165, 1.54) is 22.2 Å². The van der Waals surface area contributed by atoms with Gasteiger partial charge in [-0.25, -0.2) is 0 Å². The number of nitrogen functional groups attached to an aromatic ring is 1. The van der Waals surface area contributed by atoms with Crippen molar-refractivity contribution in [2.24, 2.45) is 5.73 Å². The summed E-state index contributed by atoms with van der Waals surface area (Å²) in [5.74, 6) is 0. The summed E-state index contributed by atoms with van der Waals surface area (Å²) >= 11 is 0. The molecule has 0 aliphatic heterocycles. The molecule has 5 N–H and O–H groups in total. The zero-order chi connectivity index (χ0) is 15.9. The predicted octanol–water partition coefficient (Wildman–Crippen LogP) is 3.87. The van der Waals surface area contributed by atoms with Gasteiger partial charge in [-0.1, -0.05) is 30.3 Å². The average molecular weight is 305 g/mol. The number of aromatic amines is 1. The SMILES string of the molecule is Nc1ccc2[nH]c3c(c2c1)CCCC3(N)CCc1ccccc1. The van der Waals surface area contributed by atoms with Gasteiger partial charge in [-0.2, -0.15) is 0 Å². The minimum atomic E-state index is -0.267. The van der Waals surface area contributed by atoms with E-state index >= 15 is 0 Å². The number of benzene rings is 2. The zero-order valence-corrected chi connectivity index (χ0v) is 13.3. The molecule has 23 heavy (non-hydrogen) atoms. The van der Waals surface area contributed by atoms with Crippen molar-refractivity contribution in [2.75, 3.05) is 5.73 Å². The maximum atomic E-state index is 6.86. The largest absolute Gasteiger partial charge is 0.399 e. The zero-order valence-electron chi connectivity index (χ0n) is 13.3. The summed E-state index contributed by atoms with van der Waals surface area (Å²) in [5.41, 5.74) is 18.5. The van der Waals surface area contributed by atoms with Gasteiger partial charge in [-0.15, -0.1) is 0 Å². The molecule has 1 heterocycles. The number of anilines is 1. The fraction of sp³-hybridized carbons (Fsp3) is 0.300. The summed E-state index contributed by atoms with van der Waals surface area (Å²) in [5, 5.41) is 1.24. The van der Waals surface area contributed by atoms with Crippen molar-refractivity contribution in [3.8, 4) is 0 Å². The third-order valence-electron chi connectivity index (χ3n) is 5.18. The van der Waals surface area contributed by atoms with Crippen molar-refractivity contribution in [3.63, 3.8) is 0 Å². The Balaban J connectivity index is 1.70. The van der Waals surface area contributed by atoms with Crippen LogP contribution in [0.3, 0.4) is 0 Å². The van der Waals surface area contributed by atoms with Crippen LogP contribution in [0, 0.1) is 0 Å². The molecule has 0 saturated carbocycles. The highest BCUT2D eigenvalue weighted by Crippen LogP contribution is 2.40. The third kappa shape index (κ3) is 2.51. The lowest BCUT2D eigenvalue weighted by atomic mass is 9.77. The highest BCUT2D eigenvalue weighted by Gasteiger charge is 2.35. The maximum absolute atomic E-state index is 6.86. The van der Waals surface area contributed by atoms with Crippen LogP contribution in [0.2, 0.25) is 0 Å². The maximum Gasteiger partial charge on any atom is 0.0568 e. The van der Waals surface area contributed by atoms with Crippen molar-refractivity contribution in [1.82, 2.24) is 4.98 Å². The van der Waals surface area contributed by atoms with Crippen molar-refractivity contribution >= 4 is 16.6 Å². The second-order valence-electron chi connectivity index (χ2n) is 6.78. The van der Waals surface area contributed by atoms with Crippen LogP contribution in [-0.4, -0.2) is 4.98 Å². The predicted molar refractivity (Wildman–Crippen MR) is 96.3 cm³/mol. The Hall–Kier alpha value is -2.26. The van der Waals surface area contributed by atoms with E-state index in [1.807, 2.05) is 6.07 Å². The molecule has 0 radical (unpaired) electrons. The molecule has 0 spiro atoms. The van der Waals surface area contributed by atoms with Crippen LogP contribution in [0.4, 0.5) is 5.69 Å². The van der Waals surface area contributed by atoms with E-state index in [0.29, 0.717) is 0 Å². The summed E-state index contributed by atoms with van der Waals surface area (Å²) in [6, 6.07) is 16.7. The van der Waals surface area contributed by atoms with Gasteiger partial charge in [-0.3, -0.25) is 0 Å². The van der Waals surface area contributed by atoms with Crippen LogP contribution >= 0.6 is 0 Å². The van der Waals surface area contributed by atoms with Crippen molar-refractivity contribution in [2.45, 2.75) is 37.6 Å². The minimum Gasteiger partial charge on any atom is -0.399 e. The Labute approximate surface area is 136 Å². The standard InChI is InChI=1S/C20H23N3/c21-15-8-9-18-17(13-15)16-7-4-11-20(22,19(16)23-18)12-10-14-5-2-1-3-6-14/h1-3,5-6,8-9,13,23H,4,7,10-12,21-22H2. The molecular weight excluding hydrogens is 282 g/mol. The number of hydrogen-bond donors (Lipinski definition) is 3. The first kappa shape index (κ1) is 14.3. The fourth-order valence-corrected chi connectivity index (χ4v) is 3.92. The van der Waals surface area contributed by atoms with Crippen molar-refractivity contribution < 1.29 is 0 Å². The van der Waals surface area contributed by atoms with Crippen LogP contribution < -0.4 is 11.5 Å². The fourth-order valence-electron chi connectivity index (χ4n) is 3.92. The molecule has 1 atom stereocenters. The quantitative estimate of drug-likeness (QED) is 0.643. The molecule has 3 aromatic rings. The van der Waals surface area contributed by atoms with E-state index in [1.54, 1.807) is 0 Å². The molecule has 4 rings (SSSR count). The summed E-state index contributed by atoms with van der Waals surface area (Å²) < 4.78 is 0. The van der Waals surface area contributed by atoms with Crippen LogP contribution in [0.1, 0.15) is 36.1 Å². The van der Waals surface area contributed by atoms with Gasteiger partial charge >= 0.3 is 0 Å². The molecule has 1 unspecified atom stereocenters. The molecule has 3 heteroatoms. The lowest BCUT2D eigenvalue weighted by Crippen LogP contribution is -2.40. The Morgan fingerprint density at radius 1 is 1.09 bits per heavy atom. The van der Waals surface area contributed by atoms with Crippen LogP contribution in [0.15, 0.2) is 48.5 Å². The molecule has 0 fully saturated rings. The van der Waals surface area contributed by atoms with Gasteiger partial charge in [0.15, 0.2) is 0 Å². The normalized spacial score (nSPS) is 20.6. The topological polar surface area (TPSA) is 67.8 Å².